The van der Waals surface area contributed by atoms with Gasteiger partial charge in [-0.25, -0.2) is 0 Å². The molecule has 0 amide bonds. The van der Waals surface area contributed by atoms with Crippen molar-refractivity contribution in [3.63, 3.8) is 0 Å². The lowest BCUT2D eigenvalue weighted by atomic mass is 10.0. The molecule has 0 radical (unpaired) electrons. The number of benzene rings is 1. The third kappa shape index (κ3) is 1.68. The summed E-state index contributed by atoms with van der Waals surface area (Å²) in [5.41, 5.74) is 8.31. The molecule has 1 unspecified atom stereocenters. The Bertz CT molecular complexity index is 307. The Labute approximate surface area is 78.7 Å². The van der Waals surface area contributed by atoms with Crippen LogP contribution in [0.5, 0.6) is 5.75 Å². The topological polar surface area (TPSA) is 35.2 Å². The number of hydrogen-bond donors (Lipinski definition) is 1. The maximum absolute atomic E-state index is 5.81. The van der Waals surface area contributed by atoms with E-state index in [0.717, 1.165) is 25.2 Å². The molecule has 13 heavy (non-hydrogen) atoms. The van der Waals surface area contributed by atoms with Crippen LogP contribution in [0.15, 0.2) is 18.2 Å². The number of hydrogen-bond acceptors (Lipinski definition) is 2. The molecule has 2 nitrogen and oxygen atoms in total. The van der Waals surface area contributed by atoms with E-state index in [1.807, 2.05) is 13.0 Å². The van der Waals surface area contributed by atoms with Gasteiger partial charge in [-0.1, -0.05) is 12.1 Å². The third-order valence-electron chi connectivity index (χ3n) is 2.46. The van der Waals surface area contributed by atoms with E-state index in [9.17, 15) is 0 Å². The van der Waals surface area contributed by atoms with Crippen LogP contribution < -0.4 is 10.5 Å². The lowest BCUT2D eigenvalue weighted by Gasteiger charge is -2.18. The molecule has 1 aromatic rings. The number of aryl methyl sites for hydroxylation is 1. The van der Waals surface area contributed by atoms with E-state index in [-0.39, 0.29) is 6.04 Å². The Morgan fingerprint density at radius 1 is 1.46 bits per heavy atom. The summed E-state index contributed by atoms with van der Waals surface area (Å²) < 4.78 is 5.52. The van der Waals surface area contributed by atoms with Crippen LogP contribution in [-0.2, 0) is 6.42 Å². The molecule has 2 rings (SSSR count). The Hall–Kier alpha value is -1.02. The average Bonchev–Trinajstić information content (AvgIpc) is 2.17. The van der Waals surface area contributed by atoms with E-state index in [1.165, 1.54) is 11.1 Å². The summed E-state index contributed by atoms with van der Waals surface area (Å²) in [7, 11) is 0. The first kappa shape index (κ1) is 8.57. The highest BCUT2D eigenvalue weighted by molar-refractivity contribution is 5.39. The van der Waals surface area contributed by atoms with Gasteiger partial charge in [-0.3, -0.25) is 0 Å². The van der Waals surface area contributed by atoms with Gasteiger partial charge in [0.1, 0.15) is 5.75 Å². The fraction of sp³-hybridized carbons (Fsp3) is 0.455. The third-order valence-corrected chi connectivity index (χ3v) is 2.46. The molecule has 0 bridgehead atoms. The van der Waals surface area contributed by atoms with Gasteiger partial charge in [-0.05, 0) is 37.0 Å². The van der Waals surface area contributed by atoms with Gasteiger partial charge in [0.05, 0.1) is 6.61 Å². The monoisotopic (exact) mass is 177 g/mol. The molecule has 70 valence electrons. The van der Waals surface area contributed by atoms with Crippen LogP contribution in [0, 0.1) is 0 Å². The molecule has 1 aliphatic heterocycles. The summed E-state index contributed by atoms with van der Waals surface area (Å²) in [6, 6.07) is 6.37. The van der Waals surface area contributed by atoms with Gasteiger partial charge >= 0.3 is 0 Å². The molecule has 0 saturated carbocycles. The fourth-order valence-corrected chi connectivity index (χ4v) is 1.66. The Balaban J connectivity index is 2.35. The number of fused-ring (bicyclic) bond motifs is 1. The maximum atomic E-state index is 5.81. The predicted molar refractivity (Wildman–Crippen MR) is 52.9 cm³/mol. The van der Waals surface area contributed by atoms with Crippen molar-refractivity contribution in [3.05, 3.63) is 29.3 Å². The summed E-state index contributed by atoms with van der Waals surface area (Å²) in [4.78, 5) is 0. The van der Waals surface area contributed by atoms with Crippen LogP contribution in [0.4, 0.5) is 0 Å². The number of ether oxygens (including phenoxy) is 1. The smallest absolute Gasteiger partial charge is 0.122 e. The van der Waals surface area contributed by atoms with Crippen LogP contribution in [0.1, 0.15) is 30.5 Å². The van der Waals surface area contributed by atoms with Crippen molar-refractivity contribution in [1.29, 1.82) is 0 Å². The highest BCUT2D eigenvalue weighted by atomic mass is 16.5. The molecule has 2 heteroatoms. The Morgan fingerprint density at radius 3 is 3.08 bits per heavy atom. The van der Waals surface area contributed by atoms with Gasteiger partial charge in [-0.15, -0.1) is 0 Å². The molecule has 1 aliphatic rings. The van der Waals surface area contributed by atoms with Gasteiger partial charge in [0, 0.05) is 6.04 Å². The van der Waals surface area contributed by atoms with Gasteiger partial charge in [0.25, 0.3) is 0 Å². The van der Waals surface area contributed by atoms with Gasteiger partial charge < -0.3 is 10.5 Å². The zero-order valence-electron chi connectivity index (χ0n) is 7.92. The van der Waals surface area contributed by atoms with Crippen molar-refractivity contribution in [2.24, 2.45) is 5.73 Å². The lowest BCUT2D eigenvalue weighted by molar-refractivity contribution is 0.288. The van der Waals surface area contributed by atoms with Crippen LogP contribution in [-0.4, -0.2) is 6.61 Å². The average molecular weight is 177 g/mol. The van der Waals surface area contributed by atoms with E-state index in [0.29, 0.717) is 0 Å². The van der Waals surface area contributed by atoms with Crippen LogP contribution in [0.3, 0.4) is 0 Å². The first-order chi connectivity index (χ1) is 6.27. The Kier molecular flexibility index (Phi) is 2.23. The molecule has 0 aliphatic carbocycles. The SMILES string of the molecule is CC(N)c1ccc2c(c1)CCCO2. The van der Waals surface area contributed by atoms with Crippen molar-refractivity contribution in [1.82, 2.24) is 0 Å². The van der Waals surface area contributed by atoms with E-state index < -0.39 is 0 Å². The second kappa shape index (κ2) is 3.38. The van der Waals surface area contributed by atoms with Crippen LogP contribution in [0.2, 0.25) is 0 Å². The fourth-order valence-electron chi connectivity index (χ4n) is 1.66. The van der Waals surface area contributed by atoms with Crippen LogP contribution in [0.25, 0.3) is 0 Å². The highest BCUT2D eigenvalue weighted by Gasteiger charge is 2.11. The summed E-state index contributed by atoms with van der Waals surface area (Å²) in [5, 5.41) is 0. The molecule has 1 heterocycles. The molecule has 0 fully saturated rings. The van der Waals surface area contributed by atoms with Crippen molar-refractivity contribution in [3.8, 4) is 5.75 Å². The normalized spacial score (nSPS) is 17.4. The molecular weight excluding hydrogens is 162 g/mol. The molecule has 0 spiro atoms. The summed E-state index contributed by atoms with van der Waals surface area (Å²) >= 11 is 0. The minimum Gasteiger partial charge on any atom is -0.493 e. The summed E-state index contributed by atoms with van der Waals surface area (Å²) in [6.07, 6.45) is 2.24. The van der Waals surface area contributed by atoms with Crippen molar-refractivity contribution >= 4 is 0 Å². The van der Waals surface area contributed by atoms with E-state index in [4.69, 9.17) is 10.5 Å². The largest absolute Gasteiger partial charge is 0.493 e. The zero-order chi connectivity index (χ0) is 9.26. The van der Waals surface area contributed by atoms with Crippen LogP contribution >= 0.6 is 0 Å². The Morgan fingerprint density at radius 2 is 2.31 bits per heavy atom. The molecule has 1 aromatic carbocycles. The standard InChI is InChI=1S/C11H15NO/c1-8(12)9-4-5-11-10(7-9)3-2-6-13-11/h4-5,7-8H,2-3,6,12H2,1H3. The maximum Gasteiger partial charge on any atom is 0.122 e. The molecular formula is C11H15NO. The molecule has 1 atom stereocenters. The van der Waals surface area contributed by atoms with E-state index in [2.05, 4.69) is 12.1 Å². The lowest BCUT2D eigenvalue weighted by Crippen LogP contribution is -2.10. The molecule has 2 N–H and O–H groups in total. The van der Waals surface area contributed by atoms with Crippen molar-refractivity contribution in [2.45, 2.75) is 25.8 Å². The number of nitrogens with two attached hydrogens (primary N) is 1. The highest BCUT2D eigenvalue weighted by Crippen LogP contribution is 2.26. The first-order valence-corrected chi connectivity index (χ1v) is 4.78. The summed E-state index contributed by atoms with van der Waals surface area (Å²) in [5.74, 6) is 1.04. The molecule has 0 aromatic heterocycles. The minimum atomic E-state index is 0.118. The summed E-state index contributed by atoms with van der Waals surface area (Å²) in [6.45, 7) is 2.86. The second-order valence-electron chi connectivity index (χ2n) is 3.61. The predicted octanol–water partition coefficient (Wildman–Crippen LogP) is 2.03. The quantitative estimate of drug-likeness (QED) is 0.712. The molecule has 0 saturated heterocycles. The van der Waals surface area contributed by atoms with E-state index in [1.54, 1.807) is 0 Å². The zero-order valence-corrected chi connectivity index (χ0v) is 7.92. The first-order valence-electron chi connectivity index (χ1n) is 4.78. The van der Waals surface area contributed by atoms with Crippen molar-refractivity contribution in [2.75, 3.05) is 6.61 Å². The van der Waals surface area contributed by atoms with Gasteiger partial charge in [-0.2, -0.15) is 0 Å². The number of rotatable bonds is 1. The second-order valence-corrected chi connectivity index (χ2v) is 3.61. The minimum absolute atomic E-state index is 0.118. The van der Waals surface area contributed by atoms with Crippen molar-refractivity contribution < 1.29 is 4.74 Å². The van der Waals surface area contributed by atoms with Gasteiger partial charge in [0.2, 0.25) is 0 Å². The van der Waals surface area contributed by atoms with E-state index >= 15 is 0 Å². The van der Waals surface area contributed by atoms with Gasteiger partial charge in [0.15, 0.2) is 0 Å².